The molecule has 0 aliphatic carbocycles. The molecule has 1 aromatic heterocycles. The average Bonchev–Trinajstić information content (AvgIpc) is 2.89. The molecule has 0 saturated carbocycles. The highest BCUT2D eigenvalue weighted by molar-refractivity contribution is 6.32. The first kappa shape index (κ1) is 15.4. The topological polar surface area (TPSA) is 48.1 Å². The van der Waals surface area contributed by atoms with Crippen LogP contribution in [0.4, 0.5) is 18.9 Å². The number of non-ortho nitro benzene ring substituents is 1. The maximum Gasteiger partial charge on any atom is 0.416 e. The number of alkyl halides is 3. The van der Waals surface area contributed by atoms with Crippen molar-refractivity contribution in [1.82, 2.24) is 4.57 Å². The molecule has 0 aliphatic rings. The van der Waals surface area contributed by atoms with Crippen molar-refractivity contribution in [2.45, 2.75) is 6.18 Å². The van der Waals surface area contributed by atoms with Crippen molar-refractivity contribution in [3.05, 3.63) is 69.4 Å². The van der Waals surface area contributed by atoms with Gasteiger partial charge in [-0.2, -0.15) is 13.2 Å². The van der Waals surface area contributed by atoms with Gasteiger partial charge >= 0.3 is 6.18 Å². The number of halogens is 4. The minimum absolute atomic E-state index is 0.0937. The molecule has 2 aromatic carbocycles. The Hall–Kier alpha value is -2.54. The van der Waals surface area contributed by atoms with E-state index in [1.165, 1.54) is 22.8 Å². The van der Waals surface area contributed by atoms with E-state index in [9.17, 15) is 23.3 Å². The first-order valence-corrected chi connectivity index (χ1v) is 6.78. The zero-order valence-electron chi connectivity index (χ0n) is 11.3. The van der Waals surface area contributed by atoms with Gasteiger partial charge in [-0.05, 0) is 30.3 Å². The molecule has 0 atom stereocenters. The van der Waals surface area contributed by atoms with Crippen molar-refractivity contribution in [3.63, 3.8) is 0 Å². The molecule has 118 valence electrons. The lowest BCUT2D eigenvalue weighted by molar-refractivity contribution is -0.384. The third-order valence-corrected chi connectivity index (χ3v) is 3.72. The molecule has 0 fully saturated rings. The summed E-state index contributed by atoms with van der Waals surface area (Å²) >= 11 is 5.97. The normalized spacial score (nSPS) is 11.8. The van der Waals surface area contributed by atoms with Crippen molar-refractivity contribution >= 4 is 28.2 Å². The molecule has 3 rings (SSSR count). The molecule has 0 unspecified atom stereocenters. The van der Waals surface area contributed by atoms with Crippen LogP contribution in [-0.4, -0.2) is 9.49 Å². The highest BCUT2D eigenvalue weighted by Crippen LogP contribution is 2.34. The fourth-order valence-corrected chi connectivity index (χ4v) is 2.59. The third kappa shape index (κ3) is 2.75. The Morgan fingerprint density at radius 3 is 2.43 bits per heavy atom. The van der Waals surface area contributed by atoms with E-state index in [1.54, 1.807) is 18.3 Å². The van der Waals surface area contributed by atoms with Crippen molar-refractivity contribution in [2.75, 3.05) is 0 Å². The molecule has 0 bridgehead atoms. The standard InChI is InChI=1S/C15H8ClF3N2O2/c16-12-7-10(15(17,18)19)2-4-13(12)20-6-5-9-1-3-11(21(22)23)8-14(9)20/h1-8H. The Labute approximate surface area is 132 Å². The SMILES string of the molecule is O=[N+]([O-])c1ccc2ccn(-c3ccc(C(F)(F)F)cc3Cl)c2c1. The van der Waals surface area contributed by atoms with Crippen LogP contribution in [0, 0.1) is 10.1 Å². The number of nitrogens with zero attached hydrogens (tertiary/aromatic N) is 2. The number of benzene rings is 2. The number of hydrogen-bond acceptors (Lipinski definition) is 2. The summed E-state index contributed by atoms with van der Waals surface area (Å²) in [4.78, 5) is 10.3. The van der Waals surface area contributed by atoms with E-state index in [1.807, 2.05) is 0 Å². The summed E-state index contributed by atoms with van der Waals surface area (Å²) in [6.45, 7) is 0. The van der Waals surface area contributed by atoms with Gasteiger partial charge in [0.1, 0.15) is 0 Å². The molecule has 23 heavy (non-hydrogen) atoms. The minimum Gasteiger partial charge on any atom is -0.315 e. The molecule has 0 saturated heterocycles. The molecule has 0 amide bonds. The van der Waals surface area contributed by atoms with Gasteiger partial charge in [-0.15, -0.1) is 0 Å². The lowest BCUT2D eigenvalue weighted by Gasteiger charge is -2.11. The monoisotopic (exact) mass is 340 g/mol. The molecule has 8 heteroatoms. The van der Waals surface area contributed by atoms with Crippen LogP contribution in [0.25, 0.3) is 16.6 Å². The Bertz CT molecular complexity index is 919. The van der Waals surface area contributed by atoms with Gasteiger partial charge in [0.2, 0.25) is 0 Å². The van der Waals surface area contributed by atoms with Gasteiger partial charge in [0.15, 0.2) is 0 Å². The summed E-state index contributed by atoms with van der Waals surface area (Å²) in [5, 5.41) is 11.5. The van der Waals surface area contributed by atoms with Gasteiger partial charge in [0.05, 0.1) is 26.7 Å². The van der Waals surface area contributed by atoms with Crippen LogP contribution >= 0.6 is 11.6 Å². The van der Waals surface area contributed by atoms with E-state index in [-0.39, 0.29) is 10.7 Å². The number of fused-ring (bicyclic) bond motifs is 1. The van der Waals surface area contributed by atoms with Crippen molar-refractivity contribution in [3.8, 4) is 5.69 Å². The average molecular weight is 341 g/mol. The number of rotatable bonds is 2. The Morgan fingerprint density at radius 2 is 1.83 bits per heavy atom. The van der Waals surface area contributed by atoms with Gasteiger partial charge in [-0.1, -0.05) is 11.6 Å². The number of aromatic nitrogens is 1. The molecule has 1 heterocycles. The van der Waals surface area contributed by atoms with Crippen molar-refractivity contribution in [2.24, 2.45) is 0 Å². The largest absolute Gasteiger partial charge is 0.416 e. The second-order valence-corrected chi connectivity index (χ2v) is 5.26. The Kier molecular flexibility index (Phi) is 3.52. The van der Waals surface area contributed by atoms with Crippen LogP contribution in [0.15, 0.2) is 48.7 Å². The van der Waals surface area contributed by atoms with E-state index < -0.39 is 16.7 Å². The second-order valence-electron chi connectivity index (χ2n) is 4.85. The maximum atomic E-state index is 12.7. The number of hydrogen-bond donors (Lipinski definition) is 0. The second kappa shape index (κ2) is 5.27. The Balaban J connectivity index is 2.17. The summed E-state index contributed by atoms with van der Waals surface area (Å²) in [6, 6.07) is 8.98. The maximum absolute atomic E-state index is 12.7. The van der Waals surface area contributed by atoms with Crippen LogP contribution in [0.5, 0.6) is 0 Å². The quantitative estimate of drug-likeness (QED) is 0.475. The molecule has 0 spiro atoms. The zero-order valence-corrected chi connectivity index (χ0v) is 12.1. The van der Waals surface area contributed by atoms with Crippen molar-refractivity contribution < 1.29 is 18.1 Å². The Morgan fingerprint density at radius 1 is 1.09 bits per heavy atom. The summed E-state index contributed by atoms with van der Waals surface area (Å²) < 4.78 is 39.6. The predicted octanol–water partition coefficient (Wildman–Crippen LogP) is 5.21. The highest BCUT2D eigenvalue weighted by atomic mass is 35.5. The van der Waals surface area contributed by atoms with Crippen LogP contribution in [0.3, 0.4) is 0 Å². The molecule has 3 aromatic rings. The molecule has 0 radical (unpaired) electrons. The van der Waals surface area contributed by atoms with Gasteiger partial charge < -0.3 is 4.57 Å². The number of nitro benzene ring substituents is 1. The third-order valence-electron chi connectivity index (χ3n) is 3.42. The summed E-state index contributed by atoms with van der Waals surface area (Å²) in [7, 11) is 0. The van der Waals surface area contributed by atoms with Crippen LogP contribution < -0.4 is 0 Å². The molecule has 0 N–H and O–H groups in total. The fourth-order valence-electron chi connectivity index (χ4n) is 2.32. The van der Waals surface area contributed by atoms with E-state index in [2.05, 4.69) is 0 Å². The molecular weight excluding hydrogens is 333 g/mol. The van der Waals surface area contributed by atoms with Gasteiger partial charge in [0, 0.05) is 23.7 Å². The van der Waals surface area contributed by atoms with E-state index in [4.69, 9.17) is 11.6 Å². The van der Waals surface area contributed by atoms with Gasteiger partial charge in [-0.25, -0.2) is 0 Å². The van der Waals surface area contributed by atoms with Gasteiger partial charge in [0.25, 0.3) is 5.69 Å². The lowest BCUT2D eigenvalue weighted by atomic mass is 10.2. The summed E-state index contributed by atoms with van der Waals surface area (Å²) in [6.07, 6.45) is -2.89. The van der Waals surface area contributed by atoms with Crippen LogP contribution in [0.1, 0.15) is 5.56 Å². The van der Waals surface area contributed by atoms with E-state index >= 15 is 0 Å². The van der Waals surface area contributed by atoms with Crippen LogP contribution in [-0.2, 0) is 6.18 Å². The van der Waals surface area contributed by atoms with Gasteiger partial charge in [-0.3, -0.25) is 10.1 Å². The minimum atomic E-state index is -4.49. The first-order valence-electron chi connectivity index (χ1n) is 6.40. The molecular formula is C15H8ClF3N2O2. The highest BCUT2D eigenvalue weighted by Gasteiger charge is 2.31. The van der Waals surface area contributed by atoms with Crippen molar-refractivity contribution in [1.29, 1.82) is 0 Å². The predicted molar refractivity (Wildman–Crippen MR) is 79.9 cm³/mol. The lowest BCUT2D eigenvalue weighted by Crippen LogP contribution is -2.05. The smallest absolute Gasteiger partial charge is 0.315 e. The molecule has 4 nitrogen and oxygen atoms in total. The number of nitro groups is 1. The molecule has 0 aliphatic heterocycles. The van der Waals surface area contributed by atoms with Crippen LogP contribution in [0.2, 0.25) is 5.02 Å². The summed E-state index contributed by atoms with van der Waals surface area (Å²) in [5.41, 5.74) is -0.162. The summed E-state index contributed by atoms with van der Waals surface area (Å²) in [5.74, 6) is 0. The first-order chi connectivity index (χ1) is 10.8. The zero-order chi connectivity index (χ0) is 16.8. The van der Waals surface area contributed by atoms with E-state index in [0.29, 0.717) is 16.6 Å². The fraction of sp³-hybridized carbons (Fsp3) is 0.0667. The van der Waals surface area contributed by atoms with E-state index in [0.717, 1.165) is 12.1 Å².